The van der Waals surface area contributed by atoms with Gasteiger partial charge in [-0.2, -0.15) is 0 Å². The van der Waals surface area contributed by atoms with Crippen LogP contribution < -0.4 is 4.74 Å². The van der Waals surface area contributed by atoms with Crippen LogP contribution in [-0.2, 0) is 20.7 Å². The minimum Gasteiger partial charge on any atom is -0.492 e. The Morgan fingerprint density at radius 2 is 1.81 bits per heavy atom. The van der Waals surface area contributed by atoms with Gasteiger partial charge in [-0.25, -0.2) is 9.18 Å². The van der Waals surface area contributed by atoms with Crippen LogP contribution in [-0.4, -0.2) is 56.4 Å². The molecule has 0 aromatic heterocycles. The first kappa shape index (κ1) is 24.0. The zero-order chi connectivity index (χ0) is 22.8. The van der Waals surface area contributed by atoms with Gasteiger partial charge in [-0.1, -0.05) is 30.3 Å². The first-order valence-electron chi connectivity index (χ1n) is 11.3. The molecule has 0 saturated carbocycles. The highest BCUT2D eigenvalue weighted by Gasteiger charge is 2.20. The summed E-state index contributed by atoms with van der Waals surface area (Å²) in [6, 6.07) is 14.5. The molecule has 1 unspecified atom stereocenters. The van der Waals surface area contributed by atoms with Gasteiger partial charge >= 0.3 is 5.97 Å². The lowest BCUT2D eigenvalue weighted by Gasteiger charge is -2.26. The summed E-state index contributed by atoms with van der Waals surface area (Å²) in [6.07, 6.45) is 3.05. The van der Waals surface area contributed by atoms with Crippen molar-refractivity contribution in [1.82, 2.24) is 4.90 Å². The molecule has 0 bridgehead atoms. The number of ether oxygens (including phenoxy) is 3. The number of carbonyl (C=O) groups excluding carboxylic acids is 1. The number of benzene rings is 2. The van der Waals surface area contributed by atoms with Crippen LogP contribution in [0.4, 0.5) is 4.39 Å². The summed E-state index contributed by atoms with van der Waals surface area (Å²) in [5.74, 6) is 0.273. The molecule has 32 heavy (non-hydrogen) atoms. The summed E-state index contributed by atoms with van der Waals surface area (Å²) in [7, 11) is 0. The molecular formula is C26H32FNO4. The van der Waals surface area contributed by atoms with Crippen molar-refractivity contribution in [2.75, 3.05) is 39.5 Å². The second-order valence-electron chi connectivity index (χ2n) is 7.68. The van der Waals surface area contributed by atoms with Crippen LogP contribution in [0.2, 0.25) is 0 Å². The maximum absolute atomic E-state index is 13.1. The second kappa shape index (κ2) is 12.4. The van der Waals surface area contributed by atoms with Crippen LogP contribution in [0, 0.1) is 5.82 Å². The van der Waals surface area contributed by atoms with E-state index in [9.17, 15) is 9.18 Å². The Balaban J connectivity index is 1.43. The lowest BCUT2D eigenvalue weighted by molar-refractivity contribution is -0.156. The molecule has 0 amide bonds. The highest BCUT2D eigenvalue weighted by molar-refractivity contribution is 5.75. The van der Waals surface area contributed by atoms with E-state index in [0.29, 0.717) is 26.2 Å². The number of hydrogen-bond acceptors (Lipinski definition) is 5. The Morgan fingerprint density at radius 1 is 1.06 bits per heavy atom. The van der Waals surface area contributed by atoms with Gasteiger partial charge in [-0.05, 0) is 61.2 Å². The SMILES string of the molecule is CCOC(=O)C(Cc1ccc(OCCN2CC=C(c3ccc(F)cc3)CC2)cc1)OCC. The molecule has 1 aliphatic rings. The monoisotopic (exact) mass is 441 g/mol. The van der Waals surface area contributed by atoms with Crippen molar-refractivity contribution < 1.29 is 23.4 Å². The molecule has 6 heteroatoms. The molecule has 1 heterocycles. The lowest BCUT2D eigenvalue weighted by atomic mass is 9.99. The van der Waals surface area contributed by atoms with E-state index in [1.807, 2.05) is 43.3 Å². The first-order chi connectivity index (χ1) is 15.6. The van der Waals surface area contributed by atoms with E-state index >= 15 is 0 Å². The Kier molecular flexibility index (Phi) is 9.26. The van der Waals surface area contributed by atoms with Gasteiger partial charge in [0, 0.05) is 32.7 Å². The van der Waals surface area contributed by atoms with E-state index in [4.69, 9.17) is 14.2 Å². The highest BCUT2D eigenvalue weighted by Crippen LogP contribution is 2.22. The van der Waals surface area contributed by atoms with Crippen molar-refractivity contribution in [1.29, 1.82) is 0 Å². The van der Waals surface area contributed by atoms with Gasteiger partial charge in [0.1, 0.15) is 18.2 Å². The van der Waals surface area contributed by atoms with E-state index in [1.165, 1.54) is 17.7 Å². The minimum atomic E-state index is -0.585. The molecule has 0 fully saturated rings. The maximum Gasteiger partial charge on any atom is 0.335 e. The molecule has 0 saturated heterocycles. The van der Waals surface area contributed by atoms with Gasteiger partial charge in [0.05, 0.1) is 6.61 Å². The molecule has 2 aromatic carbocycles. The van der Waals surface area contributed by atoms with Crippen molar-refractivity contribution >= 4 is 11.5 Å². The zero-order valence-electron chi connectivity index (χ0n) is 18.9. The van der Waals surface area contributed by atoms with Gasteiger partial charge in [-0.15, -0.1) is 0 Å². The summed E-state index contributed by atoms with van der Waals surface area (Å²) in [5.41, 5.74) is 3.36. The van der Waals surface area contributed by atoms with Crippen LogP contribution in [0.5, 0.6) is 5.75 Å². The van der Waals surface area contributed by atoms with Crippen LogP contribution in [0.15, 0.2) is 54.6 Å². The predicted molar refractivity (Wildman–Crippen MR) is 123 cm³/mol. The van der Waals surface area contributed by atoms with E-state index in [0.717, 1.165) is 42.9 Å². The van der Waals surface area contributed by atoms with Gasteiger partial charge in [0.25, 0.3) is 0 Å². The van der Waals surface area contributed by atoms with Crippen molar-refractivity contribution in [2.45, 2.75) is 32.8 Å². The number of hydrogen-bond donors (Lipinski definition) is 0. The molecule has 0 spiro atoms. The molecule has 172 valence electrons. The average Bonchev–Trinajstić information content (AvgIpc) is 2.81. The van der Waals surface area contributed by atoms with Crippen LogP contribution in [0.1, 0.15) is 31.4 Å². The topological polar surface area (TPSA) is 48.0 Å². The molecule has 0 radical (unpaired) electrons. The summed E-state index contributed by atoms with van der Waals surface area (Å²) < 4.78 is 29.6. The van der Waals surface area contributed by atoms with Gasteiger partial charge in [-0.3, -0.25) is 4.90 Å². The van der Waals surface area contributed by atoms with E-state index in [-0.39, 0.29) is 11.8 Å². The second-order valence-corrected chi connectivity index (χ2v) is 7.68. The smallest absolute Gasteiger partial charge is 0.335 e. The molecule has 1 atom stereocenters. The fourth-order valence-corrected chi connectivity index (χ4v) is 3.72. The van der Waals surface area contributed by atoms with Crippen molar-refractivity contribution in [3.8, 4) is 5.75 Å². The van der Waals surface area contributed by atoms with Crippen LogP contribution in [0.3, 0.4) is 0 Å². The van der Waals surface area contributed by atoms with Crippen molar-refractivity contribution in [3.63, 3.8) is 0 Å². The fraction of sp³-hybridized carbons (Fsp3) is 0.423. The van der Waals surface area contributed by atoms with Gasteiger partial charge < -0.3 is 14.2 Å². The molecule has 2 aromatic rings. The Morgan fingerprint density at radius 3 is 2.44 bits per heavy atom. The summed E-state index contributed by atoms with van der Waals surface area (Å²) >= 11 is 0. The van der Waals surface area contributed by atoms with E-state index in [1.54, 1.807) is 6.92 Å². The quantitative estimate of drug-likeness (QED) is 0.481. The van der Waals surface area contributed by atoms with E-state index in [2.05, 4.69) is 11.0 Å². The number of esters is 1. The molecular weight excluding hydrogens is 409 g/mol. The maximum atomic E-state index is 13.1. The fourth-order valence-electron chi connectivity index (χ4n) is 3.72. The minimum absolute atomic E-state index is 0.204. The third-order valence-corrected chi connectivity index (χ3v) is 5.45. The average molecular weight is 442 g/mol. The number of rotatable bonds is 11. The number of carbonyl (C=O) groups is 1. The number of halogens is 1. The standard InChI is InChI=1S/C26H32FNO4/c1-3-30-25(26(29)31-4-2)19-20-5-11-24(12-6-20)32-18-17-28-15-13-22(14-16-28)21-7-9-23(27)10-8-21/h5-13,25H,3-4,14-19H2,1-2H3. The summed E-state index contributed by atoms with van der Waals surface area (Å²) in [6.45, 7) is 7.72. The number of nitrogens with zero attached hydrogens (tertiary/aromatic N) is 1. The Labute approximate surface area is 189 Å². The van der Waals surface area contributed by atoms with Crippen molar-refractivity contribution in [2.24, 2.45) is 0 Å². The van der Waals surface area contributed by atoms with Crippen LogP contribution >= 0.6 is 0 Å². The van der Waals surface area contributed by atoms with E-state index < -0.39 is 6.10 Å². The zero-order valence-corrected chi connectivity index (χ0v) is 18.9. The molecule has 1 aliphatic heterocycles. The lowest BCUT2D eigenvalue weighted by Crippen LogP contribution is -2.32. The Hall–Kier alpha value is -2.70. The third-order valence-electron chi connectivity index (χ3n) is 5.45. The van der Waals surface area contributed by atoms with Crippen LogP contribution in [0.25, 0.3) is 5.57 Å². The Bertz CT molecular complexity index is 880. The normalized spacial score (nSPS) is 15.2. The summed E-state index contributed by atoms with van der Waals surface area (Å²) in [5, 5.41) is 0. The molecule has 0 aliphatic carbocycles. The molecule has 0 N–H and O–H groups in total. The molecule has 3 rings (SSSR count). The van der Waals surface area contributed by atoms with Crippen molar-refractivity contribution in [3.05, 3.63) is 71.6 Å². The van der Waals surface area contributed by atoms with Gasteiger partial charge in [0.2, 0.25) is 0 Å². The first-order valence-corrected chi connectivity index (χ1v) is 11.3. The largest absolute Gasteiger partial charge is 0.492 e. The summed E-state index contributed by atoms with van der Waals surface area (Å²) in [4.78, 5) is 14.4. The van der Waals surface area contributed by atoms with Gasteiger partial charge in [0.15, 0.2) is 6.10 Å². The molecule has 5 nitrogen and oxygen atoms in total. The highest BCUT2D eigenvalue weighted by atomic mass is 19.1. The predicted octanol–water partition coefficient (Wildman–Crippen LogP) is 4.50. The third kappa shape index (κ3) is 7.18.